The molecule has 0 aliphatic carbocycles. The molecule has 0 aromatic heterocycles. The molecule has 0 aromatic carbocycles. The van der Waals surface area contributed by atoms with Gasteiger partial charge < -0.3 is 15.5 Å². The number of carbonyl (C=O) groups excluding carboxylic acids is 1. The Morgan fingerprint density at radius 1 is 0.519 bits per heavy atom. The zero-order valence-electron chi connectivity index (χ0n) is 34.7. The number of nitrogens with one attached hydrogen (secondary N) is 1. The van der Waals surface area contributed by atoms with Crippen LogP contribution >= 0.6 is 0 Å². The molecular weight excluding hydrogens is 695 g/mol. The van der Waals surface area contributed by atoms with Gasteiger partial charge in [0.1, 0.15) is 6.10 Å². The third-order valence-electron chi connectivity index (χ3n) is 9.75. The summed E-state index contributed by atoms with van der Waals surface area (Å²) >= 11 is 0. The normalized spacial score (nSPS) is 14.4. The van der Waals surface area contributed by atoms with Crippen molar-refractivity contribution in [2.45, 2.75) is 218 Å². The highest BCUT2D eigenvalue weighted by Crippen LogP contribution is 2.14. The Bertz CT molecular complexity index is 1100. The van der Waals surface area contributed by atoms with Gasteiger partial charge in [0.25, 0.3) is 10.1 Å². The van der Waals surface area contributed by atoms with Crippen molar-refractivity contribution < 1.29 is 28.0 Å². The van der Waals surface area contributed by atoms with Crippen LogP contribution in [0.1, 0.15) is 200 Å². The van der Waals surface area contributed by atoms with E-state index >= 15 is 0 Å². The standard InChI is InChI=1S/C46H83NO6S/c1-3-5-7-9-11-13-15-17-19-21-22-23-24-25-27-28-30-32-34-36-38-40-44(48)43(42-54(51,52)53)47-46(50)45(49)41-39-37-35-33-31-29-26-20-18-16-14-12-10-8-6-4-2/h12,14,18,20,24-25,30,32,38,40,43-45,48-49H,3-11,13,15-17,19,21-23,26-29,31,33-37,39,41-42H2,1-2H3,(H,47,50)(H,51,52,53)/b14-12-,20-18-,25-24+,32-30+,40-38+. The lowest BCUT2D eigenvalue weighted by atomic mass is 10.0. The number of rotatable bonds is 39. The number of carbonyl (C=O) groups is 1. The van der Waals surface area contributed by atoms with Crippen LogP contribution in [0.25, 0.3) is 0 Å². The molecule has 54 heavy (non-hydrogen) atoms. The molecule has 0 heterocycles. The van der Waals surface area contributed by atoms with Gasteiger partial charge in [0.2, 0.25) is 5.91 Å². The number of unbranched alkanes of at least 4 members (excludes halogenated alkanes) is 22. The van der Waals surface area contributed by atoms with Crippen molar-refractivity contribution in [2.75, 3.05) is 5.75 Å². The first-order chi connectivity index (χ1) is 26.2. The summed E-state index contributed by atoms with van der Waals surface area (Å²) in [6.07, 6.45) is 51.3. The second kappa shape index (κ2) is 39.2. The molecule has 0 bridgehead atoms. The molecule has 1 amide bonds. The van der Waals surface area contributed by atoms with Gasteiger partial charge in [0.05, 0.1) is 17.9 Å². The van der Waals surface area contributed by atoms with Crippen LogP contribution in [0.5, 0.6) is 0 Å². The van der Waals surface area contributed by atoms with Crippen LogP contribution in [-0.4, -0.2) is 53.1 Å². The van der Waals surface area contributed by atoms with E-state index < -0.39 is 40.0 Å². The van der Waals surface area contributed by atoms with Crippen LogP contribution in [0, 0.1) is 0 Å². The fraction of sp³-hybridized carbons (Fsp3) is 0.761. The average Bonchev–Trinajstić information content (AvgIpc) is 3.14. The van der Waals surface area contributed by atoms with Crippen LogP contribution < -0.4 is 5.32 Å². The summed E-state index contributed by atoms with van der Waals surface area (Å²) in [5, 5.41) is 23.4. The van der Waals surface area contributed by atoms with Gasteiger partial charge in [-0.3, -0.25) is 9.35 Å². The second-order valence-corrected chi connectivity index (χ2v) is 16.6. The maximum absolute atomic E-state index is 12.6. The summed E-state index contributed by atoms with van der Waals surface area (Å²) < 4.78 is 32.6. The van der Waals surface area contributed by atoms with Crippen LogP contribution in [0.4, 0.5) is 0 Å². The van der Waals surface area contributed by atoms with E-state index in [1.807, 2.05) is 0 Å². The third kappa shape index (κ3) is 38.3. The molecule has 0 fully saturated rings. The Labute approximate surface area is 333 Å². The van der Waals surface area contributed by atoms with Gasteiger partial charge in [-0.1, -0.05) is 184 Å². The molecule has 3 atom stereocenters. The molecular formula is C46H83NO6S. The highest BCUT2D eigenvalue weighted by molar-refractivity contribution is 7.85. The summed E-state index contributed by atoms with van der Waals surface area (Å²) in [4.78, 5) is 12.6. The summed E-state index contributed by atoms with van der Waals surface area (Å²) in [5.74, 6) is -1.58. The molecule has 0 spiro atoms. The van der Waals surface area contributed by atoms with E-state index in [1.54, 1.807) is 6.08 Å². The minimum absolute atomic E-state index is 0.257. The molecule has 0 aromatic rings. The molecule has 8 heteroatoms. The van der Waals surface area contributed by atoms with Gasteiger partial charge in [-0.05, 0) is 77.0 Å². The highest BCUT2D eigenvalue weighted by Gasteiger charge is 2.27. The topological polar surface area (TPSA) is 124 Å². The first-order valence-electron chi connectivity index (χ1n) is 22.1. The smallest absolute Gasteiger partial charge is 0.267 e. The zero-order valence-corrected chi connectivity index (χ0v) is 35.5. The maximum Gasteiger partial charge on any atom is 0.267 e. The molecule has 0 saturated carbocycles. The summed E-state index contributed by atoms with van der Waals surface area (Å²) in [5.41, 5.74) is 0. The number of hydrogen-bond donors (Lipinski definition) is 4. The summed E-state index contributed by atoms with van der Waals surface area (Å²) in [7, 11) is -4.46. The number of aliphatic hydroxyl groups is 2. The molecule has 0 rings (SSSR count). The quantitative estimate of drug-likeness (QED) is 0.0280. The number of amides is 1. The third-order valence-corrected chi connectivity index (χ3v) is 10.5. The first kappa shape index (κ1) is 52.0. The van der Waals surface area contributed by atoms with Gasteiger partial charge >= 0.3 is 0 Å². The van der Waals surface area contributed by atoms with Gasteiger partial charge in [-0.15, -0.1) is 0 Å². The Morgan fingerprint density at radius 2 is 0.889 bits per heavy atom. The van der Waals surface area contributed by atoms with E-state index in [2.05, 4.69) is 67.8 Å². The van der Waals surface area contributed by atoms with Crippen molar-refractivity contribution in [3.8, 4) is 0 Å². The lowest BCUT2D eigenvalue weighted by molar-refractivity contribution is -0.130. The van der Waals surface area contributed by atoms with Crippen molar-refractivity contribution in [1.29, 1.82) is 0 Å². The Balaban J connectivity index is 4.10. The predicted octanol–water partition coefficient (Wildman–Crippen LogP) is 12.2. The summed E-state index contributed by atoms with van der Waals surface area (Å²) in [6.45, 7) is 4.49. The van der Waals surface area contributed by atoms with E-state index in [9.17, 15) is 28.0 Å². The van der Waals surface area contributed by atoms with Crippen LogP contribution in [-0.2, 0) is 14.9 Å². The molecule has 314 valence electrons. The fourth-order valence-corrected chi connectivity index (χ4v) is 7.08. The highest BCUT2D eigenvalue weighted by atomic mass is 32.2. The van der Waals surface area contributed by atoms with Crippen molar-refractivity contribution >= 4 is 16.0 Å². The first-order valence-corrected chi connectivity index (χ1v) is 23.7. The lowest BCUT2D eigenvalue weighted by Gasteiger charge is -2.22. The lowest BCUT2D eigenvalue weighted by Crippen LogP contribution is -2.50. The number of aliphatic hydroxyl groups excluding tert-OH is 2. The molecule has 3 unspecified atom stereocenters. The predicted molar refractivity (Wildman–Crippen MR) is 231 cm³/mol. The largest absolute Gasteiger partial charge is 0.387 e. The molecule has 4 N–H and O–H groups in total. The van der Waals surface area contributed by atoms with Crippen LogP contribution in [0.15, 0.2) is 60.8 Å². The van der Waals surface area contributed by atoms with E-state index in [1.165, 1.54) is 102 Å². The molecule has 0 aliphatic rings. The molecule has 0 saturated heterocycles. The minimum atomic E-state index is -4.46. The fourth-order valence-electron chi connectivity index (χ4n) is 6.34. The van der Waals surface area contributed by atoms with E-state index in [-0.39, 0.29) is 6.42 Å². The maximum atomic E-state index is 12.6. The van der Waals surface area contributed by atoms with Crippen molar-refractivity contribution in [1.82, 2.24) is 5.32 Å². The van der Waals surface area contributed by atoms with Gasteiger partial charge in [-0.25, -0.2) is 0 Å². The average molecular weight is 778 g/mol. The van der Waals surface area contributed by atoms with Crippen molar-refractivity contribution in [3.05, 3.63) is 60.8 Å². The zero-order chi connectivity index (χ0) is 39.8. The van der Waals surface area contributed by atoms with Gasteiger partial charge in [0.15, 0.2) is 0 Å². The molecule has 7 nitrogen and oxygen atoms in total. The van der Waals surface area contributed by atoms with Gasteiger partial charge in [0, 0.05) is 0 Å². The molecule has 0 aliphatic heterocycles. The van der Waals surface area contributed by atoms with E-state index in [0.29, 0.717) is 12.8 Å². The van der Waals surface area contributed by atoms with E-state index in [0.717, 1.165) is 70.6 Å². The Hall–Kier alpha value is -2.00. The van der Waals surface area contributed by atoms with Crippen LogP contribution in [0.3, 0.4) is 0 Å². The molecule has 0 radical (unpaired) electrons. The summed E-state index contributed by atoms with van der Waals surface area (Å²) in [6, 6.07) is -1.26. The Kier molecular flexibility index (Phi) is 37.8. The monoisotopic (exact) mass is 778 g/mol. The number of allylic oxidation sites excluding steroid dienone is 9. The number of hydrogen-bond acceptors (Lipinski definition) is 5. The SMILES string of the molecule is CCCCC/C=C\C/C=C\CCCCCCCCC(O)C(=O)NC(CS(=O)(=O)O)C(O)/C=C/CC/C=C/CC/C=C/CCCCCCCCCCCCC. The van der Waals surface area contributed by atoms with Crippen molar-refractivity contribution in [2.24, 2.45) is 0 Å². The van der Waals surface area contributed by atoms with Crippen LogP contribution in [0.2, 0.25) is 0 Å². The van der Waals surface area contributed by atoms with E-state index in [4.69, 9.17) is 0 Å². The van der Waals surface area contributed by atoms with Crippen molar-refractivity contribution in [3.63, 3.8) is 0 Å². The Morgan fingerprint density at radius 3 is 1.37 bits per heavy atom. The second-order valence-electron chi connectivity index (χ2n) is 15.1. The van der Waals surface area contributed by atoms with Gasteiger partial charge in [-0.2, -0.15) is 8.42 Å². The minimum Gasteiger partial charge on any atom is -0.387 e.